The van der Waals surface area contributed by atoms with Gasteiger partial charge in [-0.3, -0.25) is 4.79 Å². The van der Waals surface area contributed by atoms with Gasteiger partial charge in [-0.25, -0.2) is 0 Å². The maximum Gasteiger partial charge on any atom is 0.161 e. The summed E-state index contributed by atoms with van der Waals surface area (Å²) in [5.41, 5.74) is 7.92. The number of carbonyl (C=O) groups excluding carboxylic acids is 1. The highest BCUT2D eigenvalue weighted by molar-refractivity contribution is 6.00. The van der Waals surface area contributed by atoms with Crippen LogP contribution in [0.1, 0.15) is 30.1 Å². The van der Waals surface area contributed by atoms with Gasteiger partial charge in [-0.15, -0.1) is 0 Å². The molecule has 0 amide bonds. The van der Waals surface area contributed by atoms with Crippen LogP contribution in [0, 0.1) is 0 Å². The number of nitrogen functional groups attached to an aromatic ring is 1. The zero-order valence-corrected chi connectivity index (χ0v) is 11.0. The zero-order chi connectivity index (χ0) is 13.1. The fourth-order valence-electron chi connectivity index (χ4n) is 2.29. The molecule has 98 valence electrons. The topological polar surface area (TPSA) is 55.6 Å². The van der Waals surface area contributed by atoms with Crippen molar-refractivity contribution in [3.05, 3.63) is 23.8 Å². The number of nitrogens with two attached hydrogens (primary N) is 1. The Morgan fingerprint density at radius 1 is 1.56 bits per heavy atom. The van der Waals surface area contributed by atoms with Crippen LogP contribution in [-0.4, -0.2) is 32.1 Å². The molecule has 4 nitrogen and oxygen atoms in total. The number of rotatable bonds is 4. The van der Waals surface area contributed by atoms with Crippen LogP contribution in [0.3, 0.4) is 0 Å². The second-order valence-corrected chi connectivity index (χ2v) is 4.84. The summed E-state index contributed by atoms with van der Waals surface area (Å²) in [4.78, 5) is 13.6. The summed E-state index contributed by atoms with van der Waals surface area (Å²) in [6.45, 7) is 3.25. The quantitative estimate of drug-likeness (QED) is 0.655. The van der Waals surface area contributed by atoms with E-state index in [0.29, 0.717) is 17.4 Å². The molecular weight excluding hydrogens is 228 g/mol. The first-order chi connectivity index (χ1) is 8.58. The van der Waals surface area contributed by atoms with E-state index in [9.17, 15) is 4.79 Å². The number of nitrogens with zero attached hydrogens (tertiary/aromatic N) is 1. The van der Waals surface area contributed by atoms with Crippen LogP contribution >= 0.6 is 0 Å². The number of benzene rings is 1. The van der Waals surface area contributed by atoms with Crippen LogP contribution in [0.15, 0.2) is 18.2 Å². The molecule has 0 spiro atoms. The summed E-state index contributed by atoms with van der Waals surface area (Å²) in [6.07, 6.45) is 2.55. The Balaban J connectivity index is 2.11. The Kier molecular flexibility index (Phi) is 3.87. The average Bonchev–Trinajstić information content (AvgIpc) is 2.81. The van der Waals surface area contributed by atoms with Crippen molar-refractivity contribution in [1.82, 2.24) is 0 Å². The molecule has 1 aliphatic rings. The molecule has 1 fully saturated rings. The van der Waals surface area contributed by atoms with E-state index in [1.54, 1.807) is 6.07 Å². The molecule has 1 aromatic rings. The molecule has 1 aromatic carbocycles. The molecule has 0 bridgehead atoms. The first-order valence-corrected chi connectivity index (χ1v) is 6.31. The molecular formula is C14H20N2O2. The van der Waals surface area contributed by atoms with Crippen LogP contribution in [-0.2, 0) is 4.74 Å². The first kappa shape index (κ1) is 12.9. The number of ether oxygens (including phenoxy) is 1. The SMILES string of the molecule is CC(=O)c1cc(N(C)CC2CCCO2)ccc1N. The summed E-state index contributed by atoms with van der Waals surface area (Å²) >= 11 is 0. The van der Waals surface area contributed by atoms with Crippen molar-refractivity contribution < 1.29 is 9.53 Å². The van der Waals surface area contributed by atoms with E-state index < -0.39 is 0 Å². The maximum absolute atomic E-state index is 11.5. The van der Waals surface area contributed by atoms with Crippen molar-refractivity contribution in [3.8, 4) is 0 Å². The fraction of sp³-hybridized carbons (Fsp3) is 0.500. The van der Waals surface area contributed by atoms with Gasteiger partial charge in [0.05, 0.1) is 6.10 Å². The van der Waals surface area contributed by atoms with Gasteiger partial charge in [0.2, 0.25) is 0 Å². The molecule has 2 rings (SSSR count). The lowest BCUT2D eigenvalue weighted by Gasteiger charge is -2.23. The van der Waals surface area contributed by atoms with Crippen molar-refractivity contribution in [1.29, 1.82) is 0 Å². The Bertz CT molecular complexity index is 439. The number of carbonyl (C=O) groups is 1. The van der Waals surface area contributed by atoms with Crippen LogP contribution in [0.5, 0.6) is 0 Å². The predicted molar refractivity (Wildman–Crippen MR) is 73.1 cm³/mol. The minimum absolute atomic E-state index is 0.000124. The highest BCUT2D eigenvalue weighted by atomic mass is 16.5. The van der Waals surface area contributed by atoms with Crippen molar-refractivity contribution in [2.24, 2.45) is 0 Å². The molecule has 4 heteroatoms. The Morgan fingerprint density at radius 3 is 2.94 bits per heavy atom. The summed E-state index contributed by atoms with van der Waals surface area (Å²) in [6, 6.07) is 5.58. The molecule has 0 radical (unpaired) electrons. The Morgan fingerprint density at radius 2 is 2.33 bits per heavy atom. The number of Topliss-reactive ketones (excluding diaryl/α,β-unsaturated/α-hetero) is 1. The molecule has 2 N–H and O–H groups in total. The van der Waals surface area contributed by atoms with Gasteiger partial charge in [-0.2, -0.15) is 0 Å². The van der Waals surface area contributed by atoms with E-state index in [1.807, 2.05) is 19.2 Å². The highest BCUT2D eigenvalue weighted by Gasteiger charge is 2.18. The summed E-state index contributed by atoms with van der Waals surface area (Å²) in [5.74, 6) is -0.000124. The highest BCUT2D eigenvalue weighted by Crippen LogP contribution is 2.22. The van der Waals surface area contributed by atoms with Gasteiger partial charge in [0.1, 0.15) is 0 Å². The third-order valence-electron chi connectivity index (χ3n) is 3.36. The molecule has 0 aliphatic carbocycles. The fourth-order valence-corrected chi connectivity index (χ4v) is 2.29. The van der Waals surface area contributed by atoms with Crippen LogP contribution in [0.25, 0.3) is 0 Å². The minimum atomic E-state index is -0.000124. The molecule has 1 unspecified atom stereocenters. The van der Waals surface area contributed by atoms with Crippen molar-refractivity contribution >= 4 is 17.2 Å². The second kappa shape index (κ2) is 5.40. The van der Waals surface area contributed by atoms with E-state index >= 15 is 0 Å². The lowest BCUT2D eigenvalue weighted by atomic mass is 10.1. The van der Waals surface area contributed by atoms with Crippen LogP contribution < -0.4 is 10.6 Å². The van der Waals surface area contributed by atoms with Crippen molar-refractivity contribution in [3.63, 3.8) is 0 Å². The summed E-state index contributed by atoms with van der Waals surface area (Å²) in [5, 5.41) is 0. The monoisotopic (exact) mass is 248 g/mol. The summed E-state index contributed by atoms with van der Waals surface area (Å²) in [7, 11) is 2.01. The molecule has 1 aliphatic heterocycles. The van der Waals surface area contributed by atoms with Gasteiger partial charge in [-0.05, 0) is 38.0 Å². The maximum atomic E-state index is 11.5. The van der Waals surface area contributed by atoms with Gasteiger partial charge in [0.15, 0.2) is 5.78 Å². The smallest absolute Gasteiger partial charge is 0.161 e. The number of hydrogen-bond donors (Lipinski definition) is 1. The van der Waals surface area contributed by atoms with Crippen LogP contribution in [0.2, 0.25) is 0 Å². The Labute approximate surface area is 108 Å². The first-order valence-electron chi connectivity index (χ1n) is 6.31. The minimum Gasteiger partial charge on any atom is -0.398 e. The molecule has 18 heavy (non-hydrogen) atoms. The number of ketones is 1. The van der Waals surface area contributed by atoms with E-state index in [4.69, 9.17) is 10.5 Å². The van der Waals surface area contributed by atoms with Gasteiger partial charge < -0.3 is 15.4 Å². The lowest BCUT2D eigenvalue weighted by molar-refractivity contribution is 0.101. The van der Waals surface area contributed by atoms with Crippen LogP contribution in [0.4, 0.5) is 11.4 Å². The van der Waals surface area contributed by atoms with E-state index in [2.05, 4.69) is 4.90 Å². The van der Waals surface area contributed by atoms with Crippen molar-refractivity contribution in [2.45, 2.75) is 25.9 Å². The van der Waals surface area contributed by atoms with E-state index in [1.165, 1.54) is 6.92 Å². The standard InChI is InChI=1S/C14H20N2O2/c1-10(17)13-8-11(5-6-14(13)15)16(2)9-12-4-3-7-18-12/h5-6,8,12H,3-4,7,9,15H2,1-2H3. The molecule has 1 atom stereocenters. The summed E-state index contributed by atoms with van der Waals surface area (Å²) < 4.78 is 5.61. The number of likely N-dealkylation sites (N-methyl/N-ethyl adjacent to an activating group) is 1. The molecule has 0 aromatic heterocycles. The Hall–Kier alpha value is -1.55. The average molecular weight is 248 g/mol. The van der Waals surface area contributed by atoms with Gasteiger partial charge in [-0.1, -0.05) is 0 Å². The van der Waals surface area contributed by atoms with Gasteiger partial charge in [0.25, 0.3) is 0 Å². The van der Waals surface area contributed by atoms with Gasteiger partial charge >= 0.3 is 0 Å². The zero-order valence-electron chi connectivity index (χ0n) is 11.0. The number of anilines is 2. The third-order valence-corrected chi connectivity index (χ3v) is 3.36. The second-order valence-electron chi connectivity index (χ2n) is 4.84. The molecule has 1 saturated heterocycles. The molecule has 1 heterocycles. The van der Waals surface area contributed by atoms with E-state index in [-0.39, 0.29) is 5.78 Å². The predicted octanol–water partition coefficient (Wildman–Crippen LogP) is 2.09. The van der Waals surface area contributed by atoms with Crippen molar-refractivity contribution in [2.75, 3.05) is 30.8 Å². The number of hydrogen-bond acceptors (Lipinski definition) is 4. The largest absolute Gasteiger partial charge is 0.398 e. The third kappa shape index (κ3) is 2.82. The lowest BCUT2D eigenvalue weighted by Crippen LogP contribution is -2.28. The molecule has 0 saturated carbocycles. The normalized spacial score (nSPS) is 18.9. The van der Waals surface area contributed by atoms with Gasteiger partial charge in [0, 0.05) is 37.1 Å². The van der Waals surface area contributed by atoms with E-state index in [0.717, 1.165) is 31.7 Å².